The third kappa shape index (κ3) is 2.04. The lowest BCUT2D eigenvalue weighted by atomic mass is 10.2. The van der Waals surface area contributed by atoms with Crippen LogP contribution in [0.25, 0.3) is 10.9 Å². The number of ether oxygens (including phenoxy) is 1. The Morgan fingerprint density at radius 3 is 2.63 bits per heavy atom. The maximum absolute atomic E-state index is 11.4. The molecule has 19 heavy (non-hydrogen) atoms. The molecule has 1 heterocycles. The molecule has 0 aliphatic carbocycles. The van der Waals surface area contributed by atoms with E-state index in [1.54, 1.807) is 24.3 Å². The van der Waals surface area contributed by atoms with Crippen molar-refractivity contribution in [3.63, 3.8) is 0 Å². The van der Waals surface area contributed by atoms with Crippen LogP contribution in [0.4, 0.5) is 0 Å². The van der Waals surface area contributed by atoms with Gasteiger partial charge in [0.15, 0.2) is 0 Å². The van der Waals surface area contributed by atoms with E-state index in [-0.39, 0.29) is 0 Å². The molecule has 0 atom stereocenters. The molecule has 0 aliphatic rings. The molecule has 0 unspecified atom stereocenters. The van der Waals surface area contributed by atoms with E-state index in [1.807, 2.05) is 30.5 Å². The van der Waals surface area contributed by atoms with Crippen LogP contribution in [-0.2, 0) is 0 Å². The summed E-state index contributed by atoms with van der Waals surface area (Å²) >= 11 is 0. The Balaban J connectivity index is 2.06. The standard InChI is InChI=1S/C15H12N2O2/c16-15(18)11-4-1-2-6-14(11)19-13-7-3-5-12-10(13)8-9-17-12/h1-9,17H,(H2,16,18). The normalized spacial score (nSPS) is 10.5. The van der Waals surface area contributed by atoms with Gasteiger partial charge in [0.05, 0.1) is 5.56 Å². The fourth-order valence-corrected chi connectivity index (χ4v) is 2.02. The van der Waals surface area contributed by atoms with E-state index in [9.17, 15) is 4.79 Å². The molecule has 0 saturated heterocycles. The first-order valence-electron chi connectivity index (χ1n) is 5.88. The minimum absolute atomic E-state index is 0.370. The van der Waals surface area contributed by atoms with Crippen molar-refractivity contribution in [1.29, 1.82) is 0 Å². The Morgan fingerprint density at radius 1 is 1.00 bits per heavy atom. The van der Waals surface area contributed by atoms with Crippen molar-refractivity contribution >= 4 is 16.8 Å². The van der Waals surface area contributed by atoms with Crippen molar-refractivity contribution in [3.05, 3.63) is 60.3 Å². The highest BCUT2D eigenvalue weighted by molar-refractivity contribution is 5.96. The van der Waals surface area contributed by atoms with Crippen LogP contribution >= 0.6 is 0 Å². The molecule has 3 N–H and O–H groups in total. The number of fused-ring (bicyclic) bond motifs is 1. The van der Waals surface area contributed by atoms with Gasteiger partial charge in [-0.05, 0) is 30.3 Å². The molecule has 0 aliphatic heterocycles. The molecule has 0 fully saturated rings. The van der Waals surface area contributed by atoms with Gasteiger partial charge in [-0.15, -0.1) is 0 Å². The van der Waals surface area contributed by atoms with E-state index < -0.39 is 5.91 Å². The smallest absolute Gasteiger partial charge is 0.252 e. The number of carbonyl (C=O) groups is 1. The van der Waals surface area contributed by atoms with Crippen LogP contribution in [0.5, 0.6) is 11.5 Å². The number of amides is 1. The minimum atomic E-state index is -0.503. The topological polar surface area (TPSA) is 68.1 Å². The summed E-state index contributed by atoms with van der Waals surface area (Å²) in [5.74, 6) is 0.646. The number of benzene rings is 2. The molecule has 4 nitrogen and oxygen atoms in total. The van der Waals surface area contributed by atoms with Crippen LogP contribution in [0.1, 0.15) is 10.4 Å². The predicted molar refractivity (Wildman–Crippen MR) is 73.3 cm³/mol. The Bertz CT molecular complexity index is 746. The fraction of sp³-hybridized carbons (Fsp3) is 0. The second-order valence-electron chi connectivity index (χ2n) is 4.16. The van der Waals surface area contributed by atoms with E-state index in [2.05, 4.69) is 4.98 Å². The van der Waals surface area contributed by atoms with Crippen LogP contribution in [0.3, 0.4) is 0 Å². The number of aromatic amines is 1. The largest absolute Gasteiger partial charge is 0.456 e. The zero-order chi connectivity index (χ0) is 13.2. The number of aromatic nitrogens is 1. The maximum atomic E-state index is 11.4. The molecular formula is C15H12N2O2. The third-order valence-electron chi connectivity index (χ3n) is 2.93. The van der Waals surface area contributed by atoms with Crippen molar-refractivity contribution < 1.29 is 9.53 Å². The molecule has 2 aromatic carbocycles. The molecule has 3 rings (SSSR count). The van der Waals surface area contributed by atoms with Gasteiger partial charge in [0.25, 0.3) is 5.91 Å². The molecule has 0 spiro atoms. The summed E-state index contributed by atoms with van der Waals surface area (Å²) in [7, 11) is 0. The number of para-hydroxylation sites is 1. The Labute approximate surface area is 109 Å². The summed E-state index contributed by atoms with van der Waals surface area (Å²) in [5.41, 5.74) is 6.69. The van der Waals surface area contributed by atoms with Gasteiger partial charge in [0.2, 0.25) is 0 Å². The average Bonchev–Trinajstić information content (AvgIpc) is 2.88. The van der Waals surface area contributed by atoms with Crippen LogP contribution in [0.2, 0.25) is 0 Å². The highest BCUT2D eigenvalue weighted by Crippen LogP contribution is 2.30. The summed E-state index contributed by atoms with van der Waals surface area (Å²) < 4.78 is 5.82. The molecule has 94 valence electrons. The second-order valence-corrected chi connectivity index (χ2v) is 4.16. The van der Waals surface area contributed by atoms with Gasteiger partial charge >= 0.3 is 0 Å². The average molecular weight is 252 g/mol. The maximum Gasteiger partial charge on any atom is 0.252 e. The number of nitrogens with two attached hydrogens (primary N) is 1. The summed E-state index contributed by atoms with van der Waals surface area (Å²) in [6.45, 7) is 0. The zero-order valence-corrected chi connectivity index (χ0v) is 10.1. The number of H-pyrrole nitrogens is 1. The lowest BCUT2D eigenvalue weighted by Gasteiger charge is -2.09. The van der Waals surface area contributed by atoms with Crippen LogP contribution in [0.15, 0.2) is 54.7 Å². The van der Waals surface area contributed by atoms with Crippen molar-refractivity contribution in [2.75, 3.05) is 0 Å². The van der Waals surface area contributed by atoms with E-state index in [1.165, 1.54) is 0 Å². The molecule has 0 bridgehead atoms. The molecule has 1 amide bonds. The lowest BCUT2D eigenvalue weighted by Crippen LogP contribution is -2.11. The number of hydrogen-bond donors (Lipinski definition) is 2. The van der Waals surface area contributed by atoms with Gasteiger partial charge in [-0.25, -0.2) is 0 Å². The fourth-order valence-electron chi connectivity index (χ4n) is 2.02. The van der Waals surface area contributed by atoms with Crippen molar-refractivity contribution in [2.24, 2.45) is 5.73 Å². The van der Waals surface area contributed by atoms with Gasteiger partial charge < -0.3 is 15.5 Å². The first-order valence-corrected chi connectivity index (χ1v) is 5.88. The van der Waals surface area contributed by atoms with Crippen molar-refractivity contribution in [3.8, 4) is 11.5 Å². The summed E-state index contributed by atoms with van der Waals surface area (Å²) in [6, 6.07) is 14.6. The quantitative estimate of drug-likeness (QED) is 0.752. The number of primary amides is 1. The SMILES string of the molecule is NC(=O)c1ccccc1Oc1cccc2[nH]ccc12. The van der Waals surface area contributed by atoms with Gasteiger partial charge in [-0.3, -0.25) is 4.79 Å². The van der Waals surface area contributed by atoms with E-state index in [0.717, 1.165) is 10.9 Å². The zero-order valence-electron chi connectivity index (χ0n) is 10.1. The van der Waals surface area contributed by atoms with Crippen molar-refractivity contribution in [2.45, 2.75) is 0 Å². The highest BCUT2D eigenvalue weighted by Gasteiger charge is 2.10. The van der Waals surface area contributed by atoms with Crippen molar-refractivity contribution in [1.82, 2.24) is 4.98 Å². The molecule has 3 aromatic rings. The molecule has 4 heteroatoms. The van der Waals surface area contributed by atoms with Crippen LogP contribution < -0.4 is 10.5 Å². The first-order chi connectivity index (χ1) is 9.25. The van der Waals surface area contributed by atoms with Gasteiger partial charge in [0.1, 0.15) is 11.5 Å². The van der Waals surface area contributed by atoms with Gasteiger partial charge in [-0.2, -0.15) is 0 Å². The summed E-state index contributed by atoms with van der Waals surface area (Å²) in [4.78, 5) is 14.5. The van der Waals surface area contributed by atoms with Gasteiger partial charge in [0, 0.05) is 17.1 Å². The molecular weight excluding hydrogens is 240 g/mol. The predicted octanol–water partition coefficient (Wildman–Crippen LogP) is 3.06. The molecule has 0 radical (unpaired) electrons. The molecule has 0 saturated carbocycles. The minimum Gasteiger partial charge on any atom is -0.456 e. The Kier molecular flexibility index (Phi) is 2.68. The lowest BCUT2D eigenvalue weighted by molar-refractivity contribution is 0.0998. The van der Waals surface area contributed by atoms with Crippen LogP contribution in [-0.4, -0.2) is 10.9 Å². The summed E-state index contributed by atoms with van der Waals surface area (Å²) in [6.07, 6.45) is 1.84. The third-order valence-corrected chi connectivity index (χ3v) is 2.93. The van der Waals surface area contributed by atoms with E-state index in [0.29, 0.717) is 17.1 Å². The second kappa shape index (κ2) is 4.49. The molecule has 1 aromatic heterocycles. The monoisotopic (exact) mass is 252 g/mol. The summed E-state index contributed by atoms with van der Waals surface area (Å²) in [5, 5.41) is 0.960. The van der Waals surface area contributed by atoms with E-state index in [4.69, 9.17) is 10.5 Å². The first kappa shape index (κ1) is 11.3. The van der Waals surface area contributed by atoms with Gasteiger partial charge in [-0.1, -0.05) is 18.2 Å². The van der Waals surface area contributed by atoms with Crippen LogP contribution in [0, 0.1) is 0 Å². The Hall–Kier alpha value is -2.75. The van der Waals surface area contributed by atoms with E-state index >= 15 is 0 Å². The number of carbonyl (C=O) groups excluding carboxylic acids is 1. The highest BCUT2D eigenvalue weighted by atomic mass is 16.5. The number of hydrogen-bond acceptors (Lipinski definition) is 2. The Morgan fingerprint density at radius 2 is 1.79 bits per heavy atom. The number of nitrogens with one attached hydrogen (secondary N) is 1. The number of rotatable bonds is 3.